The number of benzene rings is 1. The molecule has 2 aliphatic heterocycles. The topological polar surface area (TPSA) is 84.6 Å². The third-order valence-electron chi connectivity index (χ3n) is 6.74. The van der Waals surface area contributed by atoms with Gasteiger partial charge in [0.2, 0.25) is 0 Å². The van der Waals surface area contributed by atoms with Crippen LogP contribution in [0.4, 0.5) is 11.5 Å². The van der Waals surface area contributed by atoms with E-state index in [4.69, 9.17) is 10.5 Å². The van der Waals surface area contributed by atoms with E-state index in [1.54, 1.807) is 12.3 Å². The number of amides is 1. The molecule has 2 aliphatic rings. The molecule has 1 aromatic heterocycles. The molecule has 32 heavy (non-hydrogen) atoms. The van der Waals surface area contributed by atoms with Crippen molar-refractivity contribution in [2.75, 3.05) is 23.7 Å². The molecule has 1 saturated heterocycles. The highest BCUT2D eigenvalue weighted by Gasteiger charge is 2.34. The molecule has 0 spiro atoms. The quantitative estimate of drug-likeness (QED) is 0.632. The summed E-state index contributed by atoms with van der Waals surface area (Å²) in [7, 11) is 0. The number of hydrogen-bond acceptors (Lipinski definition) is 6. The van der Waals surface area contributed by atoms with Gasteiger partial charge < -0.3 is 15.4 Å². The normalized spacial score (nSPS) is 23.6. The number of ether oxygens (including phenoxy) is 1. The SMILES string of the molecule is C[C@@H]1CCC[C@H](C)N1CCCCCN1C(=O)C(Cc2nccc(N)n2)Oc2ccccc21. The van der Waals surface area contributed by atoms with Crippen LogP contribution in [-0.4, -0.2) is 52.1 Å². The van der Waals surface area contributed by atoms with Crippen LogP contribution in [0.25, 0.3) is 0 Å². The molecule has 3 atom stereocenters. The monoisotopic (exact) mass is 437 g/mol. The highest BCUT2D eigenvalue weighted by Crippen LogP contribution is 2.34. The van der Waals surface area contributed by atoms with Gasteiger partial charge in [-0.15, -0.1) is 0 Å². The molecular formula is C25H35N5O2. The Labute approximate surface area is 191 Å². The maximum absolute atomic E-state index is 13.3. The van der Waals surface area contributed by atoms with Gasteiger partial charge in [0.1, 0.15) is 17.4 Å². The Kier molecular flexibility index (Phi) is 7.25. The fraction of sp³-hybridized carbons (Fsp3) is 0.560. The van der Waals surface area contributed by atoms with Crippen molar-refractivity contribution in [3.8, 4) is 5.75 Å². The van der Waals surface area contributed by atoms with Crippen molar-refractivity contribution in [1.29, 1.82) is 0 Å². The van der Waals surface area contributed by atoms with Gasteiger partial charge in [-0.3, -0.25) is 9.69 Å². The van der Waals surface area contributed by atoms with Crippen molar-refractivity contribution in [2.24, 2.45) is 0 Å². The second kappa shape index (κ2) is 10.3. The molecule has 2 aromatic rings. The number of rotatable bonds is 8. The molecule has 3 heterocycles. The number of fused-ring (bicyclic) bond motifs is 1. The van der Waals surface area contributed by atoms with Gasteiger partial charge in [0, 0.05) is 24.8 Å². The van der Waals surface area contributed by atoms with Crippen molar-refractivity contribution >= 4 is 17.4 Å². The minimum atomic E-state index is -0.637. The third-order valence-corrected chi connectivity index (χ3v) is 6.74. The van der Waals surface area contributed by atoms with Gasteiger partial charge in [-0.05, 0) is 64.3 Å². The van der Waals surface area contributed by atoms with Crippen LogP contribution in [0.1, 0.15) is 58.2 Å². The van der Waals surface area contributed by atoms with Gasteiger partial charge in [0.15, 0.2) is 6.10 Å². The van der Waals surface area contributed by atoms with E-state index < -0.39 is 6.10 Å². The maximum atomic E-state index is 13.3. The number of carbonyl (C=O) groups is 1. The molecule has 0 radical (unpaired) electrons. The van der Waals surface area contributed by atoms with Gasteiger partial charge >= 0.3 is 0 Å². The van der Waals surface area contributed by atoms with Crippen molar-refractivity contribution in [3.05, 3.63) is 42.4 Å². The molecule has 1 fully saturated rings. The Morgan fingerprint density at radius 2 is 1.81 bits per heavy atom. The summed E-state index contributed by atoms with van der Waals surface area (Å²) in [5, 5.41) is 0. The lowest BCUT2D eigenvalue weighted by Gasteiger charge is -2.39. The standard InChI is InChI=1S/C25H35N5O2/c1-18-9-8-10-19(2)29(18)15-6-3-7-16-30-20-11-4-5-12-21(20)32-22(25(30)31)17-24-27-14-13-23(26)28-24/h4-5,11-14,18-19,22H,3,6-10,15-17H2,1-2H3,(H2,26,27,28)/t18-,19+,22?. The van der Waals surface area contributed by atoms with E-state index in [2.05, 4.69) is 28.7 Å². The van der Waals surface area contributed by atoms with Crippen molar-refractivity contribution in [3.63, 3.8) is 0 Å². The van der Waals surface area contributed by atoms with Crippen LogP contribution >= 0.6 is 0 Å². The fourth-order valence-electron chi connectivity index (χ4n) is 4.97. The van der Waals surface area contributed by atoms with Crippen LogP contribution in [0, 0.1) is 0 Å². The number of para-hydroxylation sites is 2. The van der Waals surface area contributed by atoms with Crippen LogP contribution in [0.5, 0.6) is 5.75 Å². The summed E-state index contributed by atoms with van der Waals surface area (Å²) in [5.41, 5.74) is 6.62. The predicted octanol–water partition coefficient (Wildman–Crippen LogP) is 3.83. The molecule has 2 N–H and O–H groups in total. The van der Waals surface area contributed by atoms with E-state index in [9.17, 15) is 4.79 Å². The van der Waals surface area contributed by atoms with E-state index in [-0.39, 0.29) is 5.91 Å². The first-order valence-corrected chi connectivity index (χ1v) is 11.9. The Morgan fingerprint density at radius 3 is 2.59 bits per heavy atom. The molecule has 7 nitrogen and oxygen atoms in total. The van der Waals surface area contributed by atoms with Gasteiger partial charge in [0.05, 0.1) is 12.1 Å². The first-order chi connectivity index (χ1) is 15.5. The predicted molar refractivity (Wildman–Crippen MR) is 127 cm³/mol. The highest BCUT2D eigenvalue weighted by molar-refractivity contribution is 6.00. The minimum absolute atomic E-state index is 0.0343. The summed E-state index contributed by atoms with van der Waals surface area (Å²) in [6.45, 7) is 6.54. The molecule has 1 unspecified atom stereocenters. The lowest BCUT2D eigenvalue weighted by atomic mass is 9.97. The third kappa shape index (κ3) is 5.21. The van der Waals surface area contributed by atoms with Crippen LogP contribution in [-0.2, 0) is 11.2 Å². The Bertz CT molecular complexity index is 911. The number of unbranched alkanes of at least 4 members (excludes halogenated alkanes) is 2. The Morgan fingerprint density at radius 1 is 1.06 bits per heavy atom. The van der Waals surface area contributed by atoms with Gasteiger partial charge in [-0.25, -0.2) is 9.97 Å². The van der Waals surface area contributed by atoms with E-state index in [0.29, 0.717) is 36.7 Å². The molecule has 0 bridgehead atoms. The zero-order valence-corrected chi connectivity index (χ0v) is 19.2. The van der Waals surface area contributed by atoms with E-state index in [0.717, 1.165) is 37.2 Å². The van der Waals surface area contributed by atoms with E-state index in [1.165, 1.54) is 19.3 Å². The second-order valence-electron chi connectivity index (χ2n) is 9.09. The number of anilines is 2. The lowest BCUT2D eigenvalue weighted by Crippen LogP contribution is -2.47. The maximum Gasteiger partial charge on any atom is 0.268 e. The van der Waals surface area contributed by atoms with Crippen LogP contribution in [0.3, 0.4) is 0 Å². The first kappa shape index (κ1) is 22.5. The van der Waals surface area contributed by atoms with Crippen LogP contribution < -0.4 is 15.4 Å². The average molecular weight is 438 g/mol. The van der Waals surface area contributed by atoms with Gasteiger partial charge in [0.25, 0.3) is 5.91 Å². The molecule has 4 rings (SSSR count). The van der Waals surface area contributed by atoms with Crippen LogP contribution in [0.15, 0.2) is 36.5 Å². The molecule has 1 amide bonds. The second-order valence-corrected chi connectivity index (χ2v) is 9.09. The van der Waals surface area contributed by atoms with Crippen molar-refractivity contribution in [1.82, 2.24) is 14.9 Å². The number of nitrogens with zero attached hydrogens (tertiary/aromatic N) is 4. The summed E-state index contributed by atoms with van der Waals surface area (Å²) in [6, 6.07) is 10.8. The minimum Gasteiger partial charge on any atom is -0.478 e. The first-order valence-electron chi connectivity index (χ1n) is 11.9. The summed E-state index contributed by atoms with van der Waals surface area (Å²) in [4.78, 5) is 26.3. The Balaban J connectivity index is 1.35. The summed E-state index contributed by atoms with van der Waals surface area (Å²) >= 11 is 0. The largest absolute Gasteiger partial charge is 0.478 e. The molecule has 7 heteroatoms. The van der Waals surface area contributed by atoms with Gasteiger partial charge in [-0.1, -0.05) is 25.0 Å². The fourth-order valence-corrected chi connectivity index (χ4v) is 4.97. The number of piperidine rings is 1. The summed E-state index contributed by atoms with van der Waals surface area (Å²) in [5.74, 6) is 1.62. The number of nitrogen functional groups attached to an aromatic ring is 1. The number of carbonyl (C=O) groups excluding carboxylic acids is 1. The molecule has 172 valence electrons. The van der Waals surface area contributed by atoms with E-state index >= 15 is 0 Å². The van der Waals surface area contributed by atoms with Gasteiger partial charge in [-0.2, -0.15) is 0 Å². The number of nitrogens with two attached hydrogens (primary N) is 1. The summed E-state index contributed by atoms with van der Waals surface area (Å²) in [6.07, 6.45) is 8.48. The molecule has 1 aromatic carbocycles. The number of aromatic nitrogens is 2. The number of hydrogen-bond donors (Lipinski definition) is 1. The lowest BCUT2D eigenvalue weighted by molar-refractivity contribution is -0.126. The van der Waals surface area contributed by atoms with E-state index in [1.807, 2.05) is 29.2 Å². The smallest absolute Gasteiger partial charge is 0.268 e. The number of likely N-dealkylation sites (tertiary alicyclic amines) is 1. The molecule has 0 saturated carbocycles. The average Bonchev–Trinajstić information content (AvgIpc) is 2.77. The summed E-state index contributed by atoms with van der Waals surface area (Å²) < 4.78 is 6.03. The molecular weight excluding hydrogens is 402 g/mol. The van der Waals surface area contributed by atoms with Crippen LogP contribution in [0.2, 0.25) is 0 Å². The zero-order chi connectivity index (χ0) is 22.5. The van der Waals surface area contributed by atoms with Crippen molar-refractivity contribution < 1.29 is 9.53 Å². The Hall–Kier alpha value is -2.67. The zero-order valence-electron chi connectivity index (χ0n) is 19.2. The highest BCUT2D eigenvalue weighted by atomic mass is 16.5. The van der Waals surface area contributed by atoms with Crippen molar-refractivity contribution in [2.45, 2.75) is 77.0 Å². The molecule has 0 aliphatic carbocycles.